The summed E-state index contributed by atoms with van der Waals surface area (Å²) in [5, 5.41) is 9.69. The molecule has 1 atom stereocenters. The molecule has 5 heteroatoms. The largest absolute Gasteiger partial charge is 0.388 e. The van der Waals surface area contributed by atoms with Crippen molar-refractivity contribution in [3.63, 3.8) is 0 Å². The summed E-state index contributed by atoms with van der Waals surface area (Å²) in [4.78, 5) is 0. The van der Waals surface area contributed by atoms with E-state index in [-0.39, 0.29) is 6.61 Å². The molecule has 1 unspecified atom stereocenters. The van der Waals surface area contributed by atoms with Crippen molar-refractivity contribution in [3.05, 3.63) is 34.3 Å². The molecule has 0 saturated heterocycles. The normalized spacial score (nSPS) is 13.1. The van der Waals surface area contributed by atoms with E-state index in [1.807, 2.05) is 12.1 Å². The number of hydrogen-bond acceptors (Lipinski definition) is 2. The molecule has 0 fully saturated rings. The van der Waals surface area contributed by atoms with Crippen molar-refractivity contribution in [1.29, 1.82) is 0 Å². The lowest BCUT2D eigenvalue weighted by molar-refractivity contribution is 0.00481. The molecule has 0 spiro atoms. The molecule has 0 saturated carbocycles. The predicted molar refractivity (Wildman–Crippen MR) is 60.5 cm³/mol. The molecule has 0 bridgehead atoms. The van der Waals surface area contributed by atoms with Gasteiger partial charge in [-0.05, 0) is 17.7 Å². The van der Waals surface area contributed by atoms with Crippen LogP contribution in [0, 0.1) is 0 Å². The number of ether oxygens (including phenoxy) is 1. The summed E-state index contributed by atoms with van der Waals surface area (Å²) in [5.41, 5.74) is 0.754. The topological polar surface area (TPSA) is 29.5 Å². The minimum Gasteiger partial charge on any atom is -0.388 e. The van der Waals surface area contributed by atoms with Crippen LogP contribution in [0.5, 0.6) is 0 Å². The van der Waals surface area contributed by atoms with Crippen molar-refractivity contribution in [1.82, 2.24) is 0 Å². The minimum atomic E-state index is -2.45. The number of aliphatic hydroxyl groups is 1. The summed E-state index contributed by atoms with van der Waals surface area (Å²) in [7, 11) is 0. The van der Waals surface area contributed by atoms with E-state index in [0.29, 0.717) is 6.42 Å². The number of hydrogen-bond donors (Lipinski definition) is 1. The molecule has 0 aliphatic heterocycles. The van der Waals surface area contributed by atoms with E-state index in [0.717, 1.165) is 10.0 Å². The first-order chi connectivity index (χ1) is 7.59. The molecule has 0 amide bonds. The summed E-state index contributed by atoms with van der Waals surface area (Å²) in [6.45, 7) is -0.450. The average Bonchev–Trinajstić information content (AvgIpc) is 2.25. The van der Waals surface area contributed by atoms with Crippen LogP contribution in [-0.2, 0) is 4.74 Å². The van der Waals surface area contributed by atoms with Gasteiger partial charge in [0.2, 0.25) is 0 Å². The zero-order valence-electron chi connectivity index (χ0n) is 8.57. The van der Waals surface area contributed by atoms with E-state index in [1.54, 1.807) is 12.1 Å². The summed E-state index contributed by atoms with van der Waals surface area (Å²) in [6, 6.07) is 7.20. The maximum Gasteiger partial charge on any atom is 0.261 e. The smallest absolute Gasteiger partial charge is 0.261 e. The van der Waals surface area contributed by atoms with E-state index in [4.69, 9.17) is 4.74 Å². The SMILES string of the molecule is OC(CCOCC(F)F)c1ccc(Br)cc1. The number of benzene rings is 1. The molecule has 0 aromatic heterocycles. The Hall–Kier alpha value is -0.520. The molecule has 1 N–H and O–H groups in total. The first kappa shape index (κ1) is 13.5. The molecule has 1 rings (SSSR count). The van der Waals surface area contributed by atoms with Crippen LogP contribution in [0.4, 0.5) is 8.78 Å². The van der Waals surface area contributed by atoms with Gasteiger partial charge in [0.15, 0.2) is 0 Å². The van der Waals surface area contributed by atoms with Gasteiger partial charge in [0, 0.05) is 17.5 Å². The Morgan fingerprint density at radius 3 is 2.44 bits per heavy atom. The van der Waals surface area contributed by atoms with Crippen LogP contribution in [-0.4, -0.2) is 24.7 Å². The van der Waals surface area contributed by atoms with Crippen molar-refractivity contribution in [2.75, 3.05) is 13.2 Å². The van der Waals surface area contributed by atoms with E-state index >= 15 is 0 Å². The number of rotatable bonds is 6. The van der Waals surface area contributed by atoms with Crippen molar-refractivity contribution in [2.24, 2.45) is 0 Å². The standard InChI is InChI=1S/C11H13BrF2O2/c12-9-3-1-8(2-4-9)10(15)5-6-16-7-11(13)14/h1-4,10-11,15H,5-7H2. The highest BCUT2D eigenvalue weighted by atomic mass is 79.9. The van der Waals surface area contributed by atoms with Gasteiger partial charge in [-0.1, -0.05) is 28.1 Å². The highest BCUT2D eigenvalue weighted by Crippen LogP contribution is 2.19. The van der Waals surface area contributed by atoms with E-state index in [2.05, 4.69) is 15.9 Å². The van der Waals surface area contributed by atoms with Crippen LogP contribution < -0.4 is 0 Å². The summed E-state index contributed by atoms with van der Waals surface area (Å²) in [5.74, 6) is 0. The third-order valence-corrected chi connectivity index (χ3v) is 2.56. The fourth-order valence-corrected chi connectivity index (χ4v) is 1.48. The van der Waals surface area contributed by atoms with Gasteiger partial charge in [0.05, 0.1) is 6.10 Å². The second-order valence-electron chi connectivity index (χ2n) is 3.32. The first-order valence-electron chi connectivity index (χ1n) is 4.89. The van der Waals surface area contributed by atoms with Crippen LogP contribution in [0.1, 0.15) is 18.1 Å². The van der Waals surface area contributed by atoms with Gasteiger partial charge < -0.3 is 9.84 Å². The summed E-state index contributed by atoms with van der Waals surface area (Å²) < 4.78 is 29.1. The molecular formula is C11H13BrF2O2. The third kappa shape index (κ3) is 5.01. The monoisotopic (exact) mass is 294 g/mol. The van der Waals surface area contributed by atoms with Gasteiger partial charge in [-0.3, -0.25) is 0 Å². The highest BCUT2D eigenvalue weighted by Gasteiger charge is 2.08. The summed E-state index contributed by atoms with van der Waals surface area (Å²) in [6.07, 6.45) is -2.82. The van der Waals surface area contributed by atoms with Gasteiger partial charge in [-0.25, -0.2) is 8.78 Å². The zero-order chi connectivity index (χ0) is 12.0. The van der Waals surface area contributed by atoms with Crippen LogP contribution in [0.15, 0.2) is 28.7 Å². The Kier molecular flexibility index (Phi) is 5.87. The van der Waals surface area contributed by atoms with E-state index < -0.39 is 19.1 Å². The van der Waals surface area contributed by atoms with Crippen LogP contribution in [0.2, 0.25) is 0 Å². The van der Waals surface area contributed by atoms with Crippen molar-refractivity contribution in [2.45, 2.75) is 19.0 Å². The van der Waals surface area contributed by atoms with Gasteiger partial charge in [-0.15, -0.1) is 0 Å². The van der Waals surface area contributed by atoms with Gasteiger partial charge in [0.1, 0.15) is 6.61 Å². The maximum atomic E-state index is 11.7. The van der Waals surface area contributed by atoms with Gasteiger partial charge in [0.25, 0.3) is 6.43 Å². The minimum absolute atomic E-state index is 0.127. The fourth-order valence-electron chi connectivity index (χ4n) is 1.22. The van der Waals surface area contributed by atoms with Crippen molar-refractivity contribution >= 4 is 15.9 Å². The van der Waals surface area contributed by atoms with E-state index in [9.17, 15) is 13.9 Å². The number of halogens is 3. The number of aliphatic hydroxyl groups excluding tert-OH is 1. The Balaban J connectivity index is 2.29. The lowest BCUT2D eigenvalue weighted by Gasteiger charge is -2.11. The van der Waals surface area contributed by atoms with E-state index in [1.165, 1.54) is 0 Å². The molecule has 2 nitrogen and oxygen atoms in total. The zero-order valence-corrected chi connectivity index (χ0v) is 10.2. The molecule has 0 aliphatic rings. The Morgan fingerprint density at radius 2 is 1.88 bits per heavy atom. The Morgan fingerprint density at radius 1 is 1.25 bits per heavy atom. The first-order valence-corrected chi connectivity index (χ1v) is 5.68. The fraction of sp³-hybridized carbons (Fsp3) is 0.455. The molecule has 16 heavy (non-hydrogen) atoms. The molecule has 1 aromatic carbocycles. The lowest BCUT2D eigenvalue weighted by Crippen LogP contribution is -2.08. The molecule has 0 aliphatic carbocycles. The quantitative estimate of drug-likeness (QED) is 0.817. The van der Waals surface area contributed by atoms with Gasteiger partial charge >= 0.3 is 0 Å². The molecular weight excluding hydrogens is 282 g/mol. The van der Waals surface area contributed by atoms with Crippen molar-refractivity contribution in [3.8, 4) is 0 Å². The highest BCUT2D eigenvalue weighted by molar-refractivity contribution is 9.10. The van der Waals surface area contributed by atoms with Crippen LogP contribution in [0.3, 0.4) is 0 Å². The lowest BCUT2D eigenvalue weighted by atomic mass is 10.1. The number of alkyl halides is 2. The van der Waals surface area contributed by atoms with Gasteiger partial charge in [-0.2, -0.15) is 0 Å². The second-order valence-corrected chi connectivity index (χ2v) is 4.24. The van der Waals surface area contributed by atoms with Crippen LogP contribution in [0.25, 0.3) is 0 Å². The second kappa shape index (κ2) is 6.93. The summed E-state index contributed by atoms with van der Waals surface area (Å²) >= 11 is 3.28. The molecule has 0 heterocycles. The molecule has 1 aromatic rings. The Labute approximate surface area is 101 Å². The Bertz CT molecular complexity index is 303. The average molecular weight is 295 g/mol. The molecule has 0 radical (unpaired) electrons. The predicted octanol–water partition coefficient (Wildman–Crippen LogP) is 3.15. The third-order valence-electron chi connectivity index (χ3n) is 2.03. The maximum absolute atomic E-state index is 11.7. The van der Waals surface area contributed by atoms with Crippen molar-refractivity contribution < 1.29 is 18.6 Å². The molecule has 90 valence electrons. The van der Waals surface area contributed by atoms with Crippen LogP contribution >= 0.6 is 15.9 Å².